The molecule has 0 spiro atoms. The highest BCUT2D eigenvalue weighted by molar-refractivity contribution is 7.25. The fourth-order valence-electron chi connectivity index (χ4n) is 9.12. The van der Waals surface area contributed by atoms with Crippen LogP contribution in [0.5, 0.6) is 0 Å². The van der Waals surface area contributed by atoms with E-state index in [0.717, 1.165) is 70.9 Å². The average molecular weight is 835 g/mol. The molecular weight excluding hydrogens is 801 g/mol. The zero-order chi connectivity index (χ0) is 42.1. The zero-order valence-corrected chi connectivity index (χ0v) is 35.0. The quantitative estimate of drug-likeness (QED) is 0.156. The van der Waals surface area contributed by atoms with Gasteiger partial charge >= 0.3 is 0 Å². The first-order valence-corrected chi connectivity index (χ1v) is 22.1. The second-order valence-electron chi connectivity index (χ2n) is 16.2. The molecule has 0 aliphatic carbocycles. The van der Waals surface area contributed by atoms with Crippen molar-refractivity contribution in [1.82, 2.24) is 29.5 Å². The van der Waals surface area contributed by atoms with Gasteiger partial charge in [-0.15, -0.1) is 11.3 Å². The molecule has 0 unspecified atom stereocenters. The van der Waals surface area contributed by atoms with Crippen LogP contribution in [0.2, 0.25) is 0 Å². The third-order valence-corrected chi connectivity index (χ3v) is 13.3. The van der Waals surface area contributed by atoms with Crippen LogP contribution in [-0.4, -0.2) is 29.5 Å². The van der Waals surface area contributed by atoms with Crippen LogP contribution in [-0.2, 0) is 0 Å². The van der Waals surface area contributed by atoms with E-state index in [2.05, 4.69) is 180 Å². The minimum atomic E-state index is 0.678. The van der Waals surface area contributed by atoms with E-state index in [9.17, 15) is 0 Å². The molecule has 0 saturated carbocycles. The van der Waals surface area contributed by atoms with E-state index in [1.54, 1.807) is 11.3 Å². The van der Waals surface area contributed by atoms with Crippen LogP contribution in [0.1, 0.15) is 0 Å². The molecular formula is C57H34N6S. The number of hydrogen-bond acceptors (Lipinski definition) is 6. The van der Waals surface area contributed by atoms with E-state index in [1.807, 2.05) is 30.6 Å². The van der Waals surface area contributed by atoms with Gasteiger partial charge in [0.25, 0.3) is 0 Å². The van der Waals surface area contributed by atoms with Gasteiger partial charge in [0.05, 0.1) is 32.6 Å². The molecule has 0 fully saturated rings. The number of para-hydroxylation sites is 2. The number of benzene rings is 8. The Balaban J connectivity index is 0.863. The highest BCUT2D eigenvalue weighted by Crippen LogP contribution is 2.37. The predicted octanol–water partition coefficient (Wildman–Crippen LogP) is 14.8. The largest absolute Gasteiger partial charge is 0.309 e. The van der Waals surface area contributed by atoms with Crippen molar-refractivity contribution < 1.29 is 0 Å². The van der Waals surface area contributed by atoms with Crippen molar-refractivity contribution in [3.63, 3.8) is 0 Å². The van der Waals surface area contributed by atoms with Crippen LogP contribution >= 0.6 is 11.3 Å². The van der Waals surface area contributed by atoms with E-state index in [4.69, 9.17) is 24.9 Å². The van der Waals surface area contributed by atoms with Crippen LogP contribution < -0.4 is 0 Å². The first-order valence-electron chi connectivity index (χ1n) is 21.3. The molecule has 0 aliphatic rings. The van der Waals surface area contributed by atoms with Gasteiger partial charge in [-0.3, -0.25) is 0 Å². The molecule has 5 aromatic heterocycles. The van der Waals surface area contributed by atoms with Crippen LogP contribution in [0.3, 0.4) is 0 Å². The van der Waals surface area contributed by atoms with Gasteiger partial charge in [-0.1, -0.05) is 140 Å². The molecule has 0 aliphatic heterocycles. The molecule has 8 aromatic carbocycles. The van der Waals surface area contributed by atoms with Gasteiger partial charge in [-0.25, -0.2) is 24.9 Å². The maximum Gasteiger partial charge on any atom is 0.160 e. The number of hydrogen-bond donors (Lipinski definition) is 0. The lowest BCUT2D eigenvalue weighted by molar-refractivity contribution is 1.16. The summed E-state index contributed by atoms with van der Waals surface area (Å²) in [7, 11) is 0. The number of nitrogens with zero attached hydrogens (tertiary/aromatic N) is 6. The van der Waals surface area contributed by atoms with Gasteiger partial charge in [0.2, 0.25) is 0 Å². The zero-order valence-electron chi connectivity index (χ0n) is 34.2. The summed E-state index contributed by atoms with van der Waals surface area (Å²) < 4.78 is 3.36. The smallest absolute Gasteiger partial charge is 0.160 e. The van der Waals surface area contributed by atoms with Gasteiger partial charge in [0, 0.05) is 62.1 Å². The van der Waals surface area contributed by atoms with Crippen molar-refractivity contribution in [1.29, 1.82) is 0 Å². The average Bonchev–Trinajstić information content (AvgIpc) is 3.91. The van der Waals surface area contributed by atoms with Crippen LogP contribution in [0, 0.1) is 0 Å². The van der Waals surface area contributed by atoms with Crippen LogP contribution in [0.25, 0.3) is 126 Å². The lowest BCUT2D eigenvalue weighted by Gasteiger charge is -2.12. The molecule has 64 heavy (non-hydrogen) atoms. The molecule has 5 heterocycles. The second-order valence-corrected chi connectivity index (χ2v) is 17.2. The minimum absolute atomic E-state index is 0.678. The summed E-state index contributed by atoms with van der Waals surface area (Å²) in [4.78, 5) is 26.1. The van der Waals surface area contributed by atoms with E-state index in [0.29, 0.717) is 11.6 Å². The fraction of sp³-hybridized carbons (Fsp3) is 0. The molecule has 0 atom stereocenters. The lowest BCUT2D eigenvalue weighted by atomic mass is 10.0. The monoisotopic (exact) mass is 834 g/mol. The molecule has 6 nitrogen and oxygen atoms in total. The number of rotatable bonds is 6. The Hall–Kier alpha value is -8.39. The van der Waals surface area contributed by atoms with Gasteiger partial charge in [-0.05, 0) is 81.7 Å². The molecule has 0 saturated heterocycles. The molecule has 0 amide bonds. The van der Waals surface area contributed by atoms with Gasteiger partial charge < -0.3 is 4.57 Å². The second kappa shape index (κ2) is 14.6. The fourth-order valence-corrected chi connectivity index (χ4v) is 10.1. The van der Waals surface area contributed by atoms with Crippen LogP contribution in [0.15, 0.2) is 207 Å². The number of fused-ring (bicyclic) bond motifs is 8. The van der Waals surface area contributed by atoms with Crippen molar-refractivity contribution in [3.05, 3.63) is 207 Å². The molecule has 0 N–H and O–H groups in total. The van der Waals surface area contributed by atoms with Crippen molar-refractivity contribution in [2.75, 3.05) is 0 Å². The van der Waals surface area contributed by atoms with Gasteiger partial charge in [-0.2, -0.15) is 0 Å². The summed E-state index contributed by atoms with van der Waals surface area (Å²) in [5.41, 5.74) is 12.1. The first-order chi connectivity index (χ1) is 31.7. The Kier molecular flexibility index (Phi) is 8.29. The van der Waals surface area contributed by atoms with Crippen molar-refractivity contribution in [3.8, 4) is 62.1 Å². The van der Waals surface area contributed by atoms with Crippen molar-refractivity contribution >= 4 is 75.1 Å². The Bertz CT molecular complexity index is 3910. The summed E-state index contributed by atoms with van der Waals surface area (Å²) in [6.07, 6.45) is 3.89. The number of aromatic nitrogens is 6. The summed E-state index contributed by atoms with van der Waals surface area (Å²) in [6.45, 7) is 0. The lowest BCUT2D eigenvalue weighted by Crippen LogP contribution is -1.97. The standard InChI is InChI=1S/C57H34N6S/c1-2-11-37(12-3-1)56-60-49(32-50(61-56)41-15-10-16-45(30-41)63-51-19-8-6-17-46(51)47-18-7-9-20-52(47)63)36-23-21-35(22-24-36)44-31-48-54-53(64-57(48)59-33-44)34-58-55(62-54)42-26-25-40-27-38-13-4-5-14-39(38)28-43(40)29-42/h1-34H. The Morgan fingerprint density at radius 2 is 1.00 bits per heavy atom. The van der Waals surface area contributed by atoms with Crippen LogP contribution in [0.4, 0.5) is 0 Å². The highest BCUT2D eigenvalue weighted by Gasteiger charge is 2.17. The van der Waals surface area contributed by atoms with E-state index in [1.165, 1.54) is 43.4 Å². The first kappa shape index (κ1) is 36.3. The van der Waals surface area contributed by atoms with Crippen molar-refractivity contribution in [2.45, 2.75) is 0 Å². The van der Waals surface area contributed by atoms with E-state index >= 15 is 0 Å². The summed E-state index contributed by atoms with van der Waals surface area (Å²) >= 11 is 1.62. The SMILES string of the molecule is c1ccc(-c2nc(-c3ccc(-c4cnc5sc6cnc(-c7ccc8cc9ccccc9cc8c7)nc6c5c4)cc3)cc(-c3cccc(-n4c5ccccc5c5ccccc54)c3)n2)cc1. The normalized spacial score (nSPS) is 11.8. The molecule has 298 valence electrons. The topological polar surface area (TPSA) is 69.4 Å². The predicted molar refractivity (Wildman–Crippen MR) is 265 cm³/mol. The number of pyridine rings is 1. The summed E-state index contributed by atoms with van der Waals surface area (Å²) in [6, 6.07) is 68.4. The Morgan fingerprint density at radius 1 is 0.359 bits per heavy atom. The molecule has 7 heteroatoms. The minimum Gasteiger partial charge on any atom is -0.309 e. The van der Waals surface area contributed by atoms with Gasteiger partial charge in [0.15, 0.2) is 11.6 Å². The van der Waals surface area contributed by atoms with E-state index in [-0.39, 0.29) is 0 Å². The molecule has 0 radical (unpaired) electrons. The number of thiophene rings is 1. The maximum atomic E-state index is 5.17. The highest BCUT2D eigenvalue weighted by atomic mass is 32.1. The van der Waals surface area contributed by atoms with Crippen molar-refractivity contribution in [2.24, 2.45) is 0 Å². The Morgan fingerprint density at radius 3 is 1.78 bits per heavy atom. The summed E-state index contributed by atoms with van der Waals surface area (Å²) in [5, 5.41) is 8.30. The van der Waals surface area contributed by atoms with Gasteiger partial charge in [0.1, 0.15) is 4.83 Å². The van der Waals surface area contributed by atoms with E-state index < -0.39 is 0 Å². The molecule has 13 rings (SSSR count). The third-order valence-electron chi connectivity index (χ3n) is 12.3. The molecule has 13 aromatic rings. The Labute approximate surface area is 371 Å². The summed E-state index contributed by atoms with van der Waals surface area (Å²) in [5.74, 6) is 1.38. The maximum absolute atomic E-state index is 5.17. The third kappa shape index (κ3) is 6.13. The molecule has 0 bridgehead atoms.